The Morgan fingerprint density at radius 3 is 2.25 bits per heavy atom. The fourth-order valence-corrected chi connectivity index (χ4v) is 2.36. The van der Waals surface area contributed by atoms with E-state index in [4.69, 9.17) is 14.6 Å². The summed E-state index contributed by atoms with van der Waals surface area (Å²) in [6.07, 6.45) is 1.41. The van der Waals surface area contributed by atoms with Crippen LogP contribution in [0.2, 0.25) is 0 Å². The van der Waals surface area contributed by atoms with Gasteiger partial charge in [-0.3, -0.25) is 14.6 Å². The van der Waals surface area contributed by atoms with Gasteiger partial charge in [0.2, 0.25) is 0 Å². The van der Waals surface area contributed by atoms with E-state index in [1.165, 1.54) is 30.5 Å². The molecule has 2 rings (SSSR count). The lowest BCUT2D eigenvalue weighted by molar-refractivity contribution is -0.156. The Bertz CT molecular complexity index is 768. The second-order valence-electron chi connectivity index (χ2n) is 4.87. The van der Waals surface area contributed by atoms with Crippen molar-refractivity contribution >= 4 is 28.8 Å². The second kappa shape index (κ2) is 7.54. The number of fused-ring (bicyclic) bond motifs is 1. The SMILES string of the molecule is CCOC(=O)C(C(=O)OCC)c1ccnc2cc(C(=O)O)ccc12. The van der Waals surface area contributed by atoms with E-state index in [1.807, 2.05) is 0 Å². The summed E-state index contributed by atoms with van der Waals surface area (Å²) in [6, 6.07) is 5.83. The standard InChI is InChI=1S/C17H17NO6/c1-3-23-16(21)14(17(22)24-4-2)12-7-8-18-13-9-10(15(19)20)5-6-11(12)13/h5-9,14H,3-4H2,1-2H3,(H,19,20). The number of hydrogen-bond donors (Lipinski definition) is 1. The zero-order chi connectivity index (χ0) is 17.7. The van der Waals surface area contributed by atoms with Crippen LogP contribution in [-0.4, -0.2) is 41.2 Å². The number of benzene rings is 1. The number of aromatic carboxylic acids is 1. The van der Waals surface area contributed by atoms with Gasteiger partial charge in [-0.2, -0.15) is 0 Å². The fraction of sp³-hybridized carbons (Fsp3) is 0.294. The van der Waals surface area contributed by atoms with Gasteiger partial charge in [-0.15, -0.1) is 0 Å². The van der Waals surface area contributed by atoms with Gasteiger partial charge in [-0.25, -0.2) is 4.79 Å². The van der Waals surface area contributed by atoms with Crippen molar-refractivity contribution in [3.05, 3.63) is 41.6 Å². The number of aromatic nitrogens is 1. The molecule has 0 unspecified atom stereocenters. The molecule has 0 atom stereocenters. The van der Waals surface area contributed by atoms with E-state index in [2.05, 4.69) is 4.98 Å². The Labute approximate surface area is 138 Å². The number of esters is 2. The van der Waals surface area contributed by atoms with E-state index in [-0.39, 0.29) is 18.8 Å². The molecule has 1 N–H and O–H groups in total. The summed E-state index contributed by atoms with van der Waals surface area (Å²) in [7, 11) is 0. The molecule has 7 nitrogen and oxygen atoms in total. The molecular weight excluding hydrogens is 314 g/mol. The maximum Gasteiger partial charge on any atom is 0.335 e. The van der Waals surface area contributed by atoms with Gasteiger partial charge < -0.3 is 14.6 Å². The van der Waals surface area contributed by atoms with E-state index in [0.29, 0.717) is 16.5 Å². The van der Waals surface area contributed by atoms with Gasteiger partial charge in [0.05, 0.1) is 24.3 Å². The summed E-state index contributed by atoms with van der Waals surface area (Å²) >= 11 is 0. The molecule has 0 bridgehead atoms. The molecule has 0 aliphatic heterocycles. The first-order chi connectivity index (χ1) is 11.5. The predicted molar refractivity (Wildman–Crippen MR) is 84.7 cm³/mol. The van der Waals surface area contributed by atoms with Crippen molar-refractivity contribution in [2.75, 3.05) is 13.2 Å². The molecule has 2 aromatic rings. The Morgan fingerprint density at radius 2 is 1.71 bits per heavy atom. The first-order valence-corrected chi connectivity index (χ1v) is 7.44. The second-order valence-corrected chi connectivity index (χ2v) is 4.87. The van der Waals surface area contributed by atoms with Gasteiger partial charge in [0.25, 0.3) is 0 Å². The lowest BCUT2D eigenvalue weighted by Crippen LogP contribution is -2.26. The highest BCUT2D eigenvalue weighted by Crippen LogP contribution is 2.27. The van der Waals surface area contributed by atoms with Gasteiger partial charge in [0.15, 0.2) is 5.92 Å². The number of nitrogens with zero attached hydrogens (tertiary/aromatic N) is 1. The zero-order valence-corrected chi connectivity index (χ0v) is 13.3. The summed E-state index contributed by atoms with van der Waals surface area (Å²) in [4.78, 5) is 39.7. The van der Waals surface area contributed by atoms with Gasteiger partial charge in [-0.1, -0.05) is 6.07 Å². The molecule has 0 radical (unpaired) electrons. The summed E-state index contributed by atoms with van der Waals surface area (Å²) < 4.78 is 9.96. The summed E-state index contributed by atoms with van der Waals surface area (Å²) in [6.45, 7) is 3.54. The van der Waals surface area contributed by atoms with Crippen LogP contribution >= 0.6 is 0 Å². The van der Waals surface area contributed by atoms with Crippen LogP contribution in [0, 0.1) is 0 Å². The average Bonchev–Trinajstić information content (AvgIpc) is 2.55. The minimum atomic E-state index is -1.24. The van der Waals surface area contributed by atoms with Crippen molar-refractivity contribution in [1.82, 2.24) is 4.98 Å². The molecule has 0 saturated carbocycles. The Kier molecular flexibility index (Phi) is 5.47. The molecule has 0 spiro atoms. The van der Waals surface area contributed by atoms with E-state index >= 15 is 0 Å². The van der Waals surface area contributed by atoms with Crippen molar-refractivity contribution in [1.29, 1.82) is 0 Å². The number of carboxylic acid groups (broad SMARTS) is 1. The molecule has 126 valence electrons. The number of carbonyl (C=O) groups is 3. The molecule has 24 heavy (non-hydrogen) atoms. The highest BCUT2D eigenvalue weighted by Gasteiger charge is 2.33. The number of hydrogen-bond acceptors (Lipinski definition) is 6. The Balaban J connectivity index is 2.58. The molecule has 0 fully saturated rings. The normalized spacial score (nSPS) is 10.6. The lowest BCUT2D eigenvalue weighted by atomic mass is 9.95. The Hall–Kier alpha value is -2.96. The van der Waals surface area contributed by atoms with E-state index in [0.717, 1.165) is 0 Å². The van der Waals surface area contributed by atoms with Gasteiger partial charge in [0.1, 0.15) is 0 Å². The van der Waals surface area contributed by atoms with E-state index < -0.39 is 23.8 Å². The minimum absolute atomic E-state index is 0.0657. The molecule has 1 aromatic carbocycles. The van der Waals surface area contributed by atoms with Gasteiger partial charge in [0, 0.05) is 11.6 Å². The number of rotatable bonds is 6. The summed E-state index contributed by atoms with van der Waals surface area (Å²) in [5.41, 5.74) is 0.802. The largest absolute Gasteiger partial charge is 0.478 e. The topological polar surface area (TPSA) is 103 Å². The molecule has 1 heterocycles. The first kappa shape index (κ1) is 17.4. The zero-order valence-electron chi connectivity index (χ0n) is 13.3. The van der Waals surface area contributed by atoms with Crippen LogP contribution in [0.15, 0.2) is 30.5 Å². The highest BCUT2D eigenvalue weighted by atomic mass is 16.6. The molecule has 0 saturated heterocycles. The van der Waals surface area contributed by atoms with Crippen LogP contribution in [0.5, 0.6) is 0 Å². The fourth-order valence-electron chi connectivity index (χ4n) is 2.36. The maximum absolute atomic E-state index is 12.2. The third-order valence-corrected chi connectivity index (χ3v) is 3.38. The lowest BCUT2D eigenvalue weighted by Gasteiger charge is -2.16. The highest BCUT2D eigenvalue weighted by molar-refractivity contribution is 6.05. The minimum Gasteiger partial charge on any atom is -0.478 e. The van der Waals surface area contributed by atoms with Crippen molar-refractivity contribution in [2.45, 2.75) is 19.8 Å². The summed E-state index contributed by atoms with van der Waals surface area (Å²) in [5.74, 6) is -3.76. The van der Waals surface area contributed by atoms with Gasteiger partial charge in [-0.05, 0) is 37.6 Å². The van der Waals surface area contributed by atoms with Crippen LogP contribution in [0.3, 0.4) is 0 Å². The Morgan fingerprint density at radius 1 is 1.08 bits per heavy atom. The molecular formula is C17H17NO6. The summed E-state index contributed by atoms with van der Waals surface area (Å²) in [5, 5.41) is 9.56. The number of carbonyl (C=O) groups excluding carboxylic acids is 2. The van der Waals surface area contributed by atoms with Crippen LogP contribution in [0.4, 0.5) is 0 Å². The van der Waals surface area contributed by atoms with E-state index in [1.54, 1.807) is 13.8 Å². The quantitative estimate of drug-likeness (QED) is 0.639. The monoisotopic (exact) mass is 331 g/mol. The number of carboxylic acids is 1. The van der Waals surface area contributed by atoms with Crippen molar-refractivity contribution in [3.63, 3.8) is 0 Å². The van der Waals surface area contributed by atoms with Crippen molar-refractivity contribution in [2.24, 2.45) is 0 Å². The third kappa shape index (κ3) is 3.51. The van der Waals surface area contributed by atoms with Crippen molar-refractivity contribution < 1.29 is 29.0 Å². The van der Waals surface area contributed by atoms with Gasteiger partial charge >= 0.3 is 17.9 Å². The number of pyridine rings is 1. The first-order valence-electron chi connectivity index (χ1n) is 7.44. The van der Waals surface area contributed by atoms with E-state index in [9.17, 15) is 14.4 Å². The molecule has 0 aliphatic carbocycles. The van der Waals surface area contributed by atoms with Crippen LogP contribution in [0.25, 0.3) is 10.9 Å². The maximum atomic E-state index is 12.2. The molecule has 7 heteroatoms. The molecule has 0 amide bonds. The van der Waals surface area contributed by atoms with Crippen LogP contribution in [0.1, 0.15) is 35.7 Å². The van der Waals surface area contributed by atoms with Crippen LogP contribution < -0.4 is 0 Å². The predicted octanol–water partition coefficient (Wildman–Crippen LogP) is 2.14. The third-order valence-electron chi connectivity index (χ3n) is 3.38. The average molecular weight is 331 g/mol. The van der Waals surface area contributed by atoms with Crippen molar-refractivity contribution in [3.8, 4) is 0 Å². The number of ether oxygens (including phenoxy) is 2. The van der Waals surface area contributed by atoms with Crippen LogP contribution in [-0.2, 0) is 19.1 Å². The smallest absolute Gasteiger partial charge is 0.335 e. The molecule has 0 aliphatic rings. The molecule has 1 aromatic heterocycles.